The lowest BCUT2D eigenvalue weighted by atomic mass is 10.1. The molecule has 0 saturated carbocycles. The van der Waals surface area contributed by atoms with Gasteiger partial charge in [-0.15, -0.1) is 0 Å². The fraction of sp³-hybridized carbons (Fsp3) is 0.222. The molecule has 0 aliphatic heterocycles. The highest BCUT2D eigenvalue weighted by Crippen LogP contribution is 2.15. The lowest BCUT2D eigenvalue weighted by molar-refractivity contribution is 0.0692. The van der Waals surface area contributed by atoms with E-state index in [1.807, 2.05) is 32.0 Å². The van der Waals surface area contributed by atoms with Gasteiger partial charge in [0.25, 0.3) is 5.91 Å². The Morgan fingerprint density at radius 2 is 2.00 bits per heavy atom. The number of nitrogens with one attached hydrogen (secondary N) is 1. The minimum atomic E-state index is -1.20. The van der Waals surface area contributed by atoms with Gasteiger partial charge in [0.1, 0.15) is 11.3 Å². The van der Waals surface area contributed by atoms with Crippen molar-refractivity contribution >= 4 is 17.7 Å². The van der Waals surface area contributed by atoms with E-state index in [2.05, 4.69) is 21.6 Å². The van der Waals surface area contributed by atoms with E-state index in [1.54, 1.807) is 10.7 Å². The maximum Gasteiger partial charge on any atom is 0.339 e. The zero-order chi connectivity index (χ0) is 18.8. The molecule has 0 aliphatic rings. The number of anilines is 1. The highest BCUT2D eigenvalue weighted by atomic mass is 16.4. The number of benzene rings is 1. The number of rotatable bonds is 5. The number of hydrogen-bond donors (Lipinski definition) is 2. The van der Waals surface area contributed by atoms with E-state index in [-0.39, 0.29) is 11.3 Å². The van der Waals surface area contributed by atoms with Crippen LogP contribution in [-0.4, -0.2) is 36.5 Å². The van der Waals surface area contributed by atoms with Crippen LogP contribution in [0.25, 0.3) is 0 Å². The molecule has 2 aromatic heterocycles. The Labute approximate surface area is 150 Å². The summed E-state index contributed by atoms with van der Waals surface area (Å²) >= 11 is 0. The topological polar surface area (TPSA) is 102 Å². The summed E-state index contributed by atoms with van der Waals surface area (Å²) < 4.78 is 3.02. The molecule has 0 fully saturated rings. The van der Waals surface area contributed by atoms with Crippen molar-refractivity contribution in [1.29, 1.82) is 0 Å². The first kappa shape index (κ1) is 17.4. The molecule has 0 atom stereocenters. The molecule has 8 nitrogen and oxygen atoms in total. The van der Waals surface area contributed by atoms with Gasteiger partial charge in [-0.25, -0.2) is 4.79 Å². The zero-order valence-corrected chi connectivity index (χ0v) is 14.7. The molecule has 8 heteroatoms. The van der Waals surface area contributed by atoms with Gasteiger partial charge >= 0.3 is 5.97 Å². The predicted octanol–water partition coefficient (Wildman–Crippen LogP) is 2.23. The molecule has 1 aromatic carbocycles. The molecule has 134 valence electrons. The second-order valence-corrected chi connectivity index (χ2v) is 6.11. The number of hydrogen-bond acceptors (Lipinski definition) is 4. The molecule has 1 amide bonds. The Morgan fingerprint density at radius 3 is 2.69 bits per heavy atom. The van der Waals surface area contributed by atoms with Crippen LogP contribution in [0.2, 0.25) is 0 Å². The van der Waals surface area contributed by atoms with Gasteiger partial charge < -0.3 is 10.4 Å². The maximum atomic E-state index is 12.5. The normalized spacial score (nSPS) is 10.7. The molecular weight excluding hydrogens is 334 g/mol. The summed E-state index contributed by atoms with van der Waals surface area (Å²) in [6.07, 6.45) is 1.15. The van der Waals surface area contributed by atoms with Crippen LogP contribution in [0, 0.1) is 13.8 Å². The third-order valence-electron chi connectivity index (χ3n) is 4.02. The molecule has 0 unspecified atom stereocenters. The fourth-order valence-electron chi connectivity index (χ4n) is 2.75. The van der Waals surface area contributed by atoms with Crippen molar-refractivity contribution in [3.8, 4) is 0 Å². The van der Waals surface area contributed by atoms with Crippen molar-refractivity contribution in [3.63, 3.8) is 0 Å². The van der Waals surface area contributed by atoms with Crippen LogP contribution in [0.4, 0.5) is 5.82 Å². The van der Waals surface area contributed by atoms with Crippen LogP contribution in [0.3, 0.4) is 0 Å². The quantitative estimate of drug-likeness (QED) is 0.732. The molecule has 2 heterocycles. The van der Waals surface area contributed by atoms with Crippen molar-refractivity contribution in [3.05, 3.63) is 64.6 Å². The van der Waals surface area contributed by atoms with Gasteiger partial charge in [0.2, 0.25) is 0 Å². The van der Waals surface area contributed by atoms with E-state index in [0.29, 0.717) is 12.4 Å². The molecule has 0 saturated heterocycles. The Hall–Kier alpha value is -3.42. The molecule has 0 bridgehead atoms. The summed E-state index contributed by atoms with van der Waals surface area (Å²) in [5.41, 5.74) is 2.97. The van der Waals surface area contributed by atoms with Gasteiger partial charge in [-0.2, -0.15) is 10.2 Å². The number of aryl methyl sites for hydroxylation is 3. The second-order valence-electron chi connectivity index (χ2n) is 6.11. The van der Waals surface area contributed by atoms with Crippen LogP contribution in [0.5, 0.6) is 0 Å². The van der Waals surface area contributed by atoms with Gasteiger partial charge in [-0.1, -0.05) is 29.8 Å². The first-order chi connectivity index (χ1) is 12.3. The second kappa shape index (κ2) is 6.83. The third kappa shape index (κ3) is 3.49. The number of carboxylic acid groups (broad SMARTS) is 1. The number of carboxylic acids is 1. The molecule has 26 heavy (non-hydrogen) atoms. The van der Waals surface area contributed by atoms with Crippen LogP contribution in [-0.2, 0) is 13.6 Å². The fourth-order valence-corrected chi connectivity index (χ4v) is 2.75. The Balaban J connectivity index is 1.80. The van der Waals surface area contributed by atoms with Crippen molar-refractivity contribution < 1.29 is 14.7 Å². The smallest absolute Gasteiger partial charge is 0.339 e. The average molecular weight is 353 g/mol. The van der Waals surface area contributed by atoms with E-state index in [9.17, 15) is 14.7 Å². The van der Waals surface area contributed by atoms with Gasteiger partial charge in [0, 0.05) is 18.8 Å². The number of nitrogens with zero attached hydrogens (tertiary/aromatic N) is 4. The first-order valence-electron chi connectivity index (χ1n) is 8.02. The number of aromatic carboxylic acids is 1. The predicted molar refractivity (Wildman–Crippen MR) is 95.4 cm³/mol. The van der Waals surface area contributed by atoms with Gasteiger partial charge in [-0.3, -0.25) is 14.2 Å². The van der Waals surface area contributed by atoms with Crippen molar-refractivity contribution in [1.82, 2.24) is 19.6 Å². The number of carbonyl (C=O) groups excluding carboxylic acids is 1. The molecule has 2 N–H and O–H groups in total. The number of aromatic nitrogens is 4. The van der Waals surface area contributed by atoms with E-state index in [4.69, 9.17) is 0 Å². The van der Waals surface area contributed by atoms with Crippen molar-refractivity contribution in [2.45, 2.75) is 20.4 Å². The van der Waals surface area contributed by atoms with Crippen molar-refractivity contribution in [2.75, 3.05) is 5.32 Å². The molecular formula is C18H19N5O3. The molecule has 0 radical (unpaired) electrons. The van der Waals surface area contributed by atoms with Gasteiger partial charge in [-0.05, 0) is 19.4 Å². The minimum Gasteiger partial charge on any atom is -0.478 e. The largest absolute Gasteiger partial charge is 0.478 e. The third-order valence-corrected chi connectivity index (χ3v) is 4.02. The summed E-state index contributed by atoms with van der Waals surface area (Å²) in [5, 5.41) is 20.1. The van der Waals surface area contributed by atoms with Gasteiger partial charge in [0.05, 0.1) is 12.7 Å². The average Bonchev–Trinajstić information content (AvgIpc) is 3.10. The lowest BCUT2D eigenvalue weighted by Gasteiger charge is -2.06. The van der Waals surface area contributed by atoms with Crippen molar-refractivity contribution in [2.24, 2.45) is 7.05 Å². The highest BCUT2D eigenvalue weighted by molar-refractivity contribution is 6.09. The Morgan fingerprint density at radius 1 is 1.23 bits per heavy atom. The zero-order valence-electron chi connectivity index (χ0n) is 14.7. The Kier molecular flexibility index (Phi) is 4.57. The Bertz CT molecular complexity index is 987. The van der Waals surface area contributed by atoms with E-state index >= 15 is 0 Å². The van der Waals surface area contributed by atoms with Crippen LogP contribution in [0.1, 0.15) is 37.7 Å². The van der Waals surface area contributed by atoms with Crippen LogP contribution < -0.4 is 5.32 Å². The number of amides is 1. The molecule has 0 aliphatic carbocycles. The summed E-state index contributed by atoms with van der Waals surface area (Å²) in [6.45, 7) is 4.50. The van der Waals surface area contributed by atoms with Crippen LogP contribution >= 0.6 is 0 Å². The van der Waals surface area contributed by atoms with E-state index < -0.39 is 11.9 Å². The summed E-state index contributed by atoms with van der Waals surface area (Å²) in [4.78, 5) is 23.7. The highest BCUT2D eigenvalue weighted by Gasteiger charge is 2.22. The molecule has 3 aromatic rings. The summed E-state index contributed by atoms with van der Waals surface area (Å²) in [6, 6.07) is 9.85. The van der Waals surface area contributed by atoms with Crippen LogP contribution in [0.15, 0.2) is 36.5 Å². The SMILES string of the molecule is Cc1cccc(Cn2nc(NC(=O)c3c(C(=O)O)cnn3C)cc2C)c1. The summed E-state index contributed by atoms with van der Waals surface area (Å²) in [5.74, 6) is -1.41. The molecule has 3 rings (SSSR count). The van der Waals surface area contributed by atoms with Gasteiger partial charge in [0.15, 0.2) is 5.82 Å². The molecule has 0 spiro atoms. The minimum absolute atomic E-state index is 0.0246. The lowest BCUT2D eigenvalue weighted by Crippen LogP contribution is -2.19. The maximum absolute atomic E-state index is 12.5. The summed E-state index contributed by atoms with van der Waals surface area (Å²) in [7, 11) is 1.52. The first-order valence-corrected chi connectivity index (χ1v) is 8.02. The van der Waals surface area contributed by atoms with E-state index in [0.717, 1.165) is 17.5 Å². The van der Waals surface area contributed by atoms with E-state index in [1.165, 1.54) is 17.3 Å². The standard InChI is InChI=1S/C18H19N5O3/c1-11-5-4-6-13(7-11)10-23-12(2)8-15(21-23)20-17(24)16-14(18(25)26)9-19-22(16)3/h4-9H,10H2,1-3H3,(H,25,26)(H,20,21,24). The number of carbonyl (C=O) groups is 2. The monoisotopic (exact) mass is 353 g/mol.